The number of hydrogen-bond donors (Lipinski definition) is 1. The molecule has 2 nitrogen and oxygen atoms in total. The third kappa shape index (κ3) is 3.20. The van der Waals surface area contributed by atoms with Gasteiger partial charge in [0.05, 0.1) is 10.7 Å². The maximum absolute atomic E-state index is 5.74. The van der Waals surface area contributed by atoms with Crippen LogP contribution in [0.4, 0.5) is 5.69 Å². The van der Waals surface area contributed by atoms with Gasteiger partial charge in [-0.05, 0) is 31.0 Å². The average Bonchev–Trinajstić information content (AvgIpc) is 2.93. The fourth-order valence-corrected chi connectivity index (χ4v) is 3.53. The first-order valence-electron chi connectivity index (χ1n) is 7.55. The summed E-state index contributed by atoms with van der Waals surface area (Å²) in [5.41, 5.74) is 11.4. The van der Waals surface area contributed by atoms with Gasteiger partial charge in [-0.3, -0.25) is 0 Å². The smallest absolute Gasteiger partial charge is 0.0979 e. The quantitative estimate of drug-likeness (QED) is 0.699. The van der Waals surface area contributed by atoms with E-state index in [-0.39, 0.29) is 0 Å². The molecular weight excluding hydrogens is 288 g/mol. The van der Waals surface area contributed by atoms with Gasteiger partial charge < -0.3 is 5.73 Å². The van der Waals surface area contributed by atoms with E-state index in [1.165, 1.54) is 21.6 Å². The highest BCUT2D eigenvalue weighted by Crippen LogP contribution is 2.30. The van der Waals surface area contributed by atoms with Crippen LogP contribution < -0.4 is 5.73 Å². The van der Waals surface area contributed by atoms with Crippen molar-refractivity contribution < 1.29 is 0 Å². The summed E-state index contributed by atoms with van der Waals surface area (Å²) >= 11 is 1.82. The highest BCUT2D eigenvalue weighted by molar-refractivity contribution is 7.12. The number of rotatable bonds is 4. The maximum Gasteiger partial charge on any atom is 0.0979 e. The third-order valence-corrected chi connectivity index (χ3v) is 4.92. The topological polar surface area (TPSA) is 38.9 Å². The van der Waals surface area contributed by atoms with Crippen LogP contribution in [0, 0.1) is 6.92 Å². The van der Waals surface area contributed by atoms with Gasteiger partial charge in [0.1, 0.15) is 0 Å². The number of hydrogen-bond acceptors (Lipinski definition) is 3. The second-order valence-electron chi connectivity index (χ2n) is 5.52. The lowest BCUT2D eigenvalue weighted by molar-refractivity contribution is 1.12. The zero-order valence-corrected chi connectivity index (χ0v) is 13.8. The molecule has 0 bridgehead atoms. The van der Waals surface area contributed by atoms with Crippen molar-refractivity contribution in [1.29, 1.82) is 0 Å². The molecule has 22 heavy (non-hydrogen) atoms. The molecule has 0 atom stereocenters. The summed E-state index contributed by atoms with van der Waals surface area (Å²) in [7, 11) is 0. The highest BCUT2D eigenvalue weighted by atomic mass is 32.1. The number of aryl methyl sites for hydroxylation is 2. The van der Waals surface area contributed by atoms with E-state index in [9.17, 15) is 0 Å². The number of nitrogens with two attached hydrogens (primary N) is 1. The first kappa shape index (κ1) is 14.8. The van der Waals surface area contributed by atoms with Crippen molar-refractivity contribution in [3.63, 3.8) is 0 Å². The fourth-order valence-electron chi connectivity index (χ4n) is 2.46. The van der Waals surface area contributed by atoms with Crippen LogP contribution >= 0.6 is 11.3 Å². The molecule has 0 aliphatic rings. The predicted molar refractivity (Wildman–Crippen MR) is 95.3 cm³/mol. The van der Waals surface area contributed by atoms with Crippen molar-refractivity contribution in [2.45, 2.75) is 26.7 Å². The zero-order valence-electron chi connectivity index (χ0n) is 13.0. The van der Waals surface area contributed by atoms with Crippen molar-refractivity contribution >= 4 is 17.0 Å². The summed E-state index contributed by atoms with van der Waals surface area (Å²) in [5.74, 6) is 0. The Hall–Kier alpha value is -2.13. The summed E-state index contributed by atoms with van der Waals surface area (Å²) in [6.07, 6.45) is 1.88. The molecule has 0 amide bonds. The summed E-state index contributed by atoms with van der Waals surface area (Å²) in [6, 6.07) is 16.7. The Morgan fingerprint density at radius 1 is 1.00 bits per heavy atom. The summed E-state index contributed by atoms with van der Waals surface area (Å²) in [6.45, 7) is 4.30. The molecule has 112 valence electrons. The second kappa shape index (κ2) is 6.32. The van der Waals surface area contributed by atoms with Gasteiger partial charge in [0, 0.05) is 22.5 Å². The van der Waals surface area contributed by atoms with Gasteiger partial charge in [-0.2, -0.15) is 0 Å². The molecule has 2 aromatic carbocycles. The Labute approximate surface area is 135 Å². The molecule has 0 unspecified atom stereocenters. The Morgan fingerprint density at radius 3 is 2.32 bits per heavy atom. The number of thiazole rings is 1. The molecule has 0 saturated carbocycles. The monoisotopic (exact) mass is 308 g/mol. The van der Waals surface area contributed by atoms with E-state index >= 15 is 0 Å². The Balaban J connectivity index is 1.90. The minimum absolute atomic E-state index is 0.803. The second-order valence-corrected chi connectivity index (χ2v) is 6.69. The minimum Gasteiger partial charge on any atom is -0.399 e. The minimum atomic E-state index is 0.803. The molecule has 1 heterocycles. The number of nitrogens with zero attached hydrogens (tertiary/aromatic N) is 1. The van der Waals surface area contributed by atoms with E-state index < -0.39 is 0 Å². The lowest BCUT2D eigenvalue weighted by atomic mass is 10.1. The highest BCUT2D eigenvalue weighted by Gasteiger charge is 2.12. The maximum atomic E-state index is 5.74. The van der Waals surface area contributed by atoms with Crippen LogP contribution in [0.3, 0.4) is 0 Å². The van der Waals surface area contributed by atoms with Crippen molar-refractivity contribution in [2.24, 2.45) is 0 Å². The van der Waals surface area contributed by atoms with E-state index in [1.807, 2.05) is 23.5 Å². The van der Waals surface area contributed by atoms with Crippen LogP contribution in [0.5, 0.6) is 0 Å². The molecule has 3 rings (SSSR count). The summed E-state index contributed by atoms with van der Waals surface area (Å²) in [4.78, 5) is 6.24. The van der Waals surface area contributed by atoms with E-state index in [2.05, 4.69) is 50.2 Å². The van der Waals surface area contributed by atoms with Gasteiger partial charge >= 0.3 is 0 Å². The van der Waals surface area contributed by atoms with Gasteiger partial charge in [0.15, 0.2) is 0 Å². The third-order valence-electron chi connectivity index (χ3n) is 3.72. The van der Waals surface area contributed by atoms with Gasteiger partial charge in [-0.25, -0.2) is 4.98 Å². The Kier molecular flexibility index (Phi) is 4.25. The number of aromatic nitrogens is 1. The normalized spacial score (nSPS) is 10.8. The van der Waals surface area contributed by atoms with Crippen LogP contribution in [-0.2, 0) is 12.8 Å². The molecule has 2 N–H and O–H groups in total. The molecule has 0 spiro atoms. The van der Waals surface area contributed by atoms with E-state index in [0.717, 1.165) is 29.2 Å². The standard InChI is InChI=1S/C19H20N2S/c1-3-17-19(15-8-4-13(2)5-9-15)21-18(22-17)12-14-6-10-16(20)11-7-14/h4-11H,3,12,20H2,1-2H3. The lowest BCUT2D eigenvalue weighted by Crippen LogP contribution is -1.89. The molecule has 0 aliphatic carbocycles. The molecule has 0 radical (unpaired) electrons. The van der Waals surface area contributed by atoms with E-state index in [4.69, 9.17) is 10.7 Å². The van der Waals surface area contributed by atoms with Crippen LogP contribution in [0.1, 0.15) is 27.9 Å². The number of benzene rings is 2. The molecular formula is C19H20N2S. The molecule has 0 aliphatic heterocycles. The average molecular weight is 308 g/mol. The summed E-state index contributed by atoms with van der Waals surface area (Å²) < 4.78 is 0. The van der Waals surface area contributed by atoms with Crippen LogP contribution in [0.15, 0.2) is 48.5 Å². The van der Waals surface area contributed by atoms with Crippen molar-refractivity contribution in [1.82, 2.24) is 4.98 Å². The number of nitrogen functional groups attached to an aromatic ring is 1. The van der Waals surface area contributed by atoms with Crippen molar-refractivity contribution in [3.05, 3.63) is 69.5 Å². The lowest BCUT2D eigenvalue weighted by Gasteiger charge is -2.01. The zero-order chi connectivity index (χ0) is 15.5. The van der Waals surface area contributed by atoms with Gasteiger partial charge in [0.2, 0.25) is 0 Å². The van der Waals surface area contributed by atoms with Crippen molar-refractivity contribution in [2.75, 3.05) is 5.73 Å². The molecule has 1 aromatic heterocycles. The van der Waals surface area contributed by atoms with Crippen LogP contribution in [0.25, 0.3) is 11.3 Å². The Bertz CT molecular complexity index is 755. The molecule has 3 aromatic rings. The fraction of sp³-hybridized carbons (Fsp3) is 0.211. The van der Waals surface area contributed by atoms with Gasteiger partial charge in [-0.15, -0.1) is 11.3 Å². The number of anilines is 1. The van der Waals surface area contributed by atoms with E-state index in [0.29, 0.717) is 0 Å². The first-order valence-corrected chi connectivity index (χ1v) is 8.37. The Morgan fingerprint density at radius 2 is 1.68 bits per heavy atom. The van der Waals surface area contributed by atoms with Crippen LogP contribution in [-0.4, -0.2) is 4.98 Å². The van der Waals surface area contributed by atoms with Gasteiger partial charge in [-0.1, -0.05) is 48.9 Å². The largest absolute Gasteiger partial charge is 0.399 e. The molecule has 3 heteroatoms. The SMILES string of the molecule is CCc1sc(Cc2ccc(N)cc2)nc1-c1ccc(C)cc1. The van der Waals surface area contributed by atoms with E-state index in [1.54, 1.807) is 0 Å². The van der Waals surface area contributed by atoms with Crippen LogP contribution in [0.2, 0.25) is 0 Å². The first-order chi connectivity index (χ1) is 10.7. The molecule has 0 saturated heterocycles. The predicted octanol–water partition coefficient (Wildman–Crippen LogP) is 4.85. The van der Waals surface area contributed by atoms with Crippen molar-refractivity contribution in [3.8, 4) is 11.3 Å². The summed E-state index contributed by atoms with van der Waals surface area (Å²) in [5, 5.41) is 1.16. The van der Waals surface area contributed by atoms with Gasteiger partial charge in [0.25, 0.3) is 0 Å². The molecule has 0 fully saturated rings.